The number of benzene rings is 2. The van der Waals surface area contributed by atoms with Crippen molar-refractivity contribution in [3.05, 3.63) is 91.2 Å². The number of rotatable bonds is 5. The highest BCUT2D eigenvalue weighted by Gasteiger charge is 2.36. The van der Waals surface area contributed by atoms with Gasteiger partial charge in [-0.1, -0.05) is 30.3 Å². The molecule has 0 bridgehead atoms. The Hall–Kier alpha value is -3.59. The molecule has 0 saturated heterocycles. The van der Waals surface area contributed by atoms with E-state index in [2.05, 4.69) is 10.6 Å². The van der Waals surface area contributed by atoms with Crippen LogP contribution in [0.4, 0.5) is 11.4 Å². The number of nitro benzene ring substituents is 2. The van der Waals surface area contributed by atoms with E-state index < -0.39 is 22.1 Å². The van der Waals surface area contributed by atoms with E-state index in [1.54, 1.807) is 43.3 Å². The fraction of sp³-hybridized carbons (Fsp3) is 0.211. The van der Waals surface area contributed by atoms with E-state index in [9.17, 15) is 25.0 Å². The van der Waals surface area contributed by atoms with Gasteiger partial charge in [0.15, 0.2) is 5.78 Å². The van der Waals surface area contributed by atoms with Crippen molar-refractivity contribution in [3.8, 4) is 0 Å². The maximum atomic E-state index is 12.3. The van der Waals surface area contributed by atoms with Gasteiger partial charge in [-0.15, -0.1) is 0 Å². The summed E-state index contributed by atoms with van der Waals surface area (Å²) in [6.45, 7) is 3.07. The number of carbonyl (C=O) groups is 1. The van der Waals surface area contributed by atoms with Crippen molar-refractivity contribution in [1.82, 2.24) is 10.6 Å². The van der Waals surface area contributed by atoms with Crippen LogP contribution in [0.1, 0.15) is 37.2 Å². The first-order chi connectivity index (χ1) is 13.3. The lowest BCUT2D eigenvalue weighted by molar-refractivity contribution is -0.386. The van der Waals surface area contributed by atoms with Gasteiger partial charge in [0.2, 0.25) is 0 Å². The minimum atomic E-state index is -0.787. The zero-order valence-corrected chi connectivity index (χ0v) is 15.2. The molecule has 3 rings (SSSR count). The molecule has 28 heavy (non-hydrogen) atoms. The zero-order valence-electron chi connectivity index (χ0n) is 15.2. The Morgan fingerprint density at radius 2 is 1.43 bits per heavy atom. The molecule has 144 valence electrons. The highest BCUT2D eigenvalue weighted by molar-refractivity contribution is 5.95. The minimum Gasteiger partial charge on any atom is -0.369 e. The summed E-state index contributed by atoms with van der Waals surface area (Å²) in [6.07, 6.45) is -0.700. The van der Waals surface area contributed by atoms with Gasteiger partial charge in [0, 0.05) is 23.4 Å². The van der Waals surface area contributed by atoms with Crippen LogP contribution in [0.3, 0.4) is 0 Å². The number of hydrogen-bond donors (Lipinski definition) is 2. The van der Waals surface area contributed by atoms with Crippen LogP contribution in [-0.2, 0) is 4.79 Å². The molecule has 0 aliphatic carbocycles. The van der Waals surface area contributed by atoms with Crippen molar-refractivity contribution in [2.75, 3.05) is 0 Å². The lowest BCUT2D eigenvalue weighted by Gasteiger charge is -2.35. The summed E-state index contributed by atoms with van der Waals surface area (Å²) in [5, 5.41) is 29.1. The first kappa shape index (κ1) is 19.2. The van der Waals surface area contributed by atoms with Gasteiger partial charge in [0.05, 0.1) is 27.0 Å². The highest BCUT2D eigenvalue weighted by Crippen LogP contribution is 2.37. The van der Waals surface area contributed by atoms with Gasteiger partial charge in [-0.25, -0.2) is 0 Å². The Kier molecular flexibility index (Phi) is 5.18. The zero-order chi connectivity index (χ0) is 20.4. The third-order valence-electron chi connectivity index (χ3n) is 4.66. The molecule has 0 spiro atoms. The average Bonchev–Trinajstić information content (AvgIpc) is 2.66. The summed E-state index contributed by atoms with van der Waals surface area (Å²) in [5.41, 5.74) is 1.34. The van der Waals surface area contributed by atoms with E-state index in [0.717, 1.165) is 0 Å². The van der Waals surface area contributed by atoms with Crippen molar-refractivity contribution >= 4 is 17.2 Å². The van der Waals surface area contributed by atoms with Crippen LogP contribution >= 0.6 is 0 Å². The number of Topliss-reactive ketones (excluding diaryl/α,β-unsaturated/α-hetero) is 1. The predicted octanol–water partition coefficient (Wildman–Crippen LogP) is 3.30. The van der Waals surface area contributed by atoms with Crippen molar-refractivity contribution in [3.63, 3.8) is 0 Å². The van der Waals surface area contributed by atoms with Crippen LogP contribution in [0.5, 0.6) is 0 Å². The van der Waals surface area contributed by atoms with E-state index in [-0.39, 0.29) is 17.2 Å². The first-order valence-electron chi connectivity index (χ1n) is 8.52. The lowest BCUT2D eigenvalue weighted by Crippen LogP contribution is -2.43. The maximum Gasteiger partial charge on any atom is 0.276 e. The lowest BCUT2D eigenvalue weighted by atomic mass is 9.90. The second-order valence-electron chi connectivity index (χ2n) is 6.40. The Morgan fingerprint density at radius 3 is 1.96 bits per heavy atom. The molecule has 0 radical (unpaired) electrons. The topological polar surface area (TPSA) is 127 Å². The van der Waals surface area contributed by atoms with Crippen molar-refractivity contribution in [2.24, 2.45) is 0 Å². The van der Waals surface area contributed by atoms with Crippen molar-refractivity contribution < 1.29 is 14.6 Å². The normalized spacial score (nSPS) is 19.1. The first-order valence-corrected chi connectivity index (χ1v) is 8.52. The molecule has 0 amide bonds. The molecule has 2 N–H and O–H groups in total. The number of ketones is 1. The molecular formula is C19H18N4O5. The molecule has 1 aliphatic heterocycles. The van der Waals surface area contributed by atoms with Gasteiger partial charge in [0.25, 0.3) is 11.4 Å². The summed E-state index contributed by atoms with van der Waals surface area (Å²) in [7, 11) is 0. The third kappa shape index (κ3) is 3.47. The van der Waals surface area contributed by atoms with Gasteiger partial charge in [-0.05, 0) is 19.9 Å². The highest BCUT2D eigenvalue weighted by atomic mass is 16.6. The van der Waals surface area contributed by atoms with Crippen LogP contribution in [-0.4, -0.2) is 15.6 Å². The number of nitrogens with zero attached hydrogens (tertiary/aromatic N) is 2. The standard InChI is InChI=1S/C19H18N4O5/c1-11-17(12(2)24)18(13-7-3-5-9-15(13)22(25)26)21-19(20-11)14-8-4-6-10-16(14)23(27)28/h3-10,18-21H,1-2H3/t18-,19+/m1/s1. The maximum absolute atomic E-state index is 12.3. The van der Waals surface area contributed by atoms with Crippen molar-refractivity contribution in [2.45, 2.75) is 26.1 Å². The monoisotopic (exact) mass is 382 g/mol. The van der Waals surface area contributed by atoms with Gasteiger partial charge in [0.1, 0.15) is 6.17 Å². The number of hydrogen-bond acceptors (Lipinski definition) is 7. The number of allylic oxidation sites excluding steroid dienone is 1. The fourth-order valence-corrected chi connectivity index (χ4v) is 3.48. The molecule has 0 aromatic heterocycles. The largest absolute Gasteiger partial charge is 0.369 e. The Bertz CT molecular complexity index is 1000. The average molecular weight is 382 g/mol. The summed E-state index contributed by atoms with van der Waals surface area (Å²) in [4.78, 5) is 34.2. The van der Waals surface area contributed by atoms with Crippen molar-refractivity contribution in [1.29, 1.82) is 0 Å². The Labute approximate surface area is 160 Å². The van der Waals surface area contributed by atoms with Crippen LogP contribution in [0.25, 0.3) is 0 Å². The smallest absolute Gasteiger partial charge is 0.276 e. The minimum absolute atomic E-state index is 0.0899. The second kappa shape index (κ2) is 7.57. The van der Waals surface area contributed by atoms with Gasteiger partial charge >= 0.3 is 0 Å². The molecule has 1 heterocycles. The summed E-state index contributed by atoms with van der Waals surface area (Å²) < 4.78 is 0. The van der Waals surface area contributed by atoms with E-state index in [4.69, 9.17) is 0 Å². The molecule has 2 aromatic rings. The molecule has 2 aromatic carbocycles. The summed E-state index contributed by atoms with van der Waals surface area (Å²) in [5.74, 6) is -0.248. The van der Waals surface area contributed by atoms with E-state index in [1.807, 2.05) is 0 Å². The van der Waals surface area contributed by atoms with E-state index in [1.165, 1.54) is 19.1 Å². The van der Waals surface area contributed by atoms with Gasteiger partial charge in [-0.3, -0.25) is 30.3 Å². The number of nitro groups is 2. The Balaban J connectivity index is 2.15. The van der Waals surface area contributed by atoms with E-state index in [0.29, 0.717) is 22.4 Å². The molecule has 0 unspecified atom stereocenters. The van der Waals surface area contributed by atoms with Gasteiger partial charge < -0.3 is 5.32 Å². The number of carbonyl (C=O) groups excluding carboxylic acids is 1. The van der Waals surface area contributed by atoms with E-state index >= 15 is 0 Å². The molecule has 1 aliphatic rings. The second-order valence-corrected chi connectivity index (χ2v) is 6.40. The summed E-state index contributed by atoms with van der Waals surface area (Å²) in [6, 6.07) is 11.6. The van der Waals surface area contributed by atoms with Crippen LogP contribution in [0.15, 0.2) is 59.8 Å². The van der Waals surface area contributed by atoms with Crippen LogP contribution in [0, 0.1) is 20.2 Å². The Morgan fingerprint density at radius 1 is 0.929 bits per heavy atom. The fourth-order valence-electron chi connectivity index (χ4n) is 3.48. The number of nitrogens with one attached hydrogen (secondary N) is 2. The molecule has 2 atom stereocenters. The SMILES string of the molecule is CC(=O)C1=C(C)N[C@H](c2ccccc2[N+](=O)[O-])N[C@@H]1c1ccccc1[N+](=O)[O-]. The molecular weight excluding hydrogens is 364 g/mol. The molecule has 0 fully saturated rings. The predicted molar refractivity (Wildman–Crippen MR) is 101 cm³/mol. The molecule has 9 heteroatoms. The van der Waals surface area contributed by atoms with Crippen LogP contribution in [0.2, 0.25) is 0 Å². The molecule has 9 nitrogen and oxygen atoms in total. The van der Waals surface area contributed by atoms with Crippen LogP contribution < -0.4 is 10.6 Å². The third-order valence-corrected chi connectivity index (χ3v) is 4.66. The van der Waals surface area contributed by atoms with Gasteiger partial charge in [-0.2, -0.15) is 0 Å². The molecule has 0 saturated carbocycles. The quantitative estimate of drug-likeness (QED) is 0.600. The number of para-hydroxylation sites is 2. The summed E-state index contributed by atoms with van der Waals surface area (Å²) >= 11 is 0.